The number of hydrogen-bond donors (Lipinski definition) is 1. The van der Waals surface area contributed by atoms with E-state index in [1.54, 1.807) is 6.07 Å². The average Bonchev–Trinajstić information content (AvgIpc) is 3.59. The summed E-state index contributed by atoms with van der Waals surface area (Å²) in [7, 11) is -3.76. The van der Waals surface area contributed by atoms with Crippen molar-refractivity contribution in [3.8, 4) is 11.1 Å². The number of carbonyl (C=O) groups is 1. The fourth-order valence-electron chi connectivity index (χ4n) is 3.13. The molecule has 1 amide bonds. The second kappa shape index (κ2) is 8.14. The van der Waals surface area contributed by atoms with E-state index in [9.17, 15) is 13.2 Å². The first-order valence-corrected chi connectivity index (χ1v) is 10.9. The van der Waals surface area contributed by atoms with Crippen LogP contribution in [0.5, 0.6) is 0 Å². The Balaban J connectivity index is 1.45. The Hall–Kier alpha value is -3.03. The van der Waals surface area contributed by atoms with Crippen molar-refractivity contribution in [3.63, 3.8) is 0 Å². The third-order valence-corrected chi connectivity index (χ3v) is 6.65. The molecule has 0 bridgehead atoms. The van der Waals surface area contributed by atoms with E-state index in [0.717, 1.165) is 24.0 Å². The van der Waals surface area contributed by atoms with Gasteiger partial charge in [0.1, 0.15) is 4.90 Å². The molecular formula is C22H21N3O3S. The van der Waals surface area contributed by atoms with Crippen LogP contribution >= 0.6 is 0 Å². The van der Waals surface area contributed by atoms with Crippen LogP contribution in [-0.4, -0.2) is 36.2 Å². The summed E-state index contributed by atoms with van der Waals surface area (Å²) in [6.07, 6.45) is 4.36. The van der Waals surface area contributed by atoms with Crippen molar-refractivity contribution in [1.82, 2.24) is 9.29 Å². The van der Waals surface area contributed by atoms with Gasteiger partial charge in [0.25, 0.3) is 0 Å². The van der Waals surface area contributed by atoms with Gasteiger partial charge in [-0.2, -0.15) is 4.31 Å². The van der Waals surface area contributed by atoms with Crippen LogP contribution in [0.3, 0.4) is 0 Å². The topological polar surface area (TPSA) is 79.4 Å². The van der Waals surface area contributed by atoms with E-state index in [1.807, 2.05) is 54.6 Å². The molecule has 1 fully saturated rings. The van der Waals surface area contributed by atoms with Gasteiger partial charge >= 0.3 is 0 Å². The summed E-state index contributed by atoms with van der Waals surface area (Å²) in [5.41, 5.74) is 2.76. The van der Waals surface area contributed by atoms with Crippen LogP contribution in [0.4, 0.5) is 5.69 Å². The molecule has 0 atom stereocenters. The van der Waals surface area contributed by atoms with E-state index in [4.69, 9.17) is 0 Å². The quantitative estimate of drug-likeness (QED) is 0.650. The van der Waals surface area contributed by atoms with Gasteiger partial charge in [0.15, 0.2) is 0 Å². The van der Waals surface area contributed by atoms with Crippen molar-refractivity contribution in [2.45, 2.75) is 23.8 Å². The number of hydrogen-bond acceptors (Lipinski definition) is 4. The first kappa shape index (κ1) is 19.3. The van der Waals surface area contributed by atoms with Crippen LogP contribution in [0.2, 0.25) is 0 Å². The Labute approximate surface area is 170 Å². The van der Waals surface area contributed by atoms with Crippen LogP contribution in [-0.2, 0) is 14.8 Å². The predicted molar refractivity (Wildman–Crippen MR) is 112 cm³/mol. The number of rotatable bonds is 7. The van der Waals surface area contributed by atoms with E-state index < -0.39 is 10.0 Å². The second-order valence-corrected chi connectivity index (χ2v) is 8.85. The van der Waals surface area contributed by atoms with E-state index in [-0.39, 0.29) is 23.4 Å². The van der Waals surface area contributed by atoms with Gasteiger partial charge in [0.2, 0.25) is 15.9 Å². The minimum absolute atomic E-state index is 0.104. The van der Waals surface area contributed by atoms with E-state index in [1.165, 1.54) is 22.8 Å². The van der Waals surface area contributed by atoms with Gasteiger partial charge in [-0.1, -0.05) is 42.5 Å². The lowest BCUT2D eigenvalue weighted by molar-refractivity contribution is -0.116. The number of nitrogens with zero attached hydrogens (tertiary/aromatic N) is 2. The monoisotopic (exact) mass is 407 g/mol. The molecule has 0 unspecified atom stereocenters. The predicted octanol–water partition coefficient (Wildman–Crippen LogP) is 3.54. The zero-order valence-electron chi connectivity index (χ0n) is 15.7. The molecule has 2 aromatic carbocycles. The average molecular weight is 407 g/mol. The third-order valence-electron chi connectivity index (χ3n) is 4.77. The maximum Gasteiger partial charge on any atom is 0.245 e. The largest absolute Gasteiger partial charge is 0.325 e. The first-order chi connectivity index (χ1) is 14.0. The summed E-state index contributed by atoms with van der Waals surface area (Å²) in [5, 5.41) is 2.80. The molecule has 3 aromatic rings. The molecule has 4 rings (SSSR count). The highest BCUT2D eigenvalue weighted by Gasteiger charge is 2.39. The van der Waals surface area contributed by atoms with Crippen molar-refractivity contribution in [2.75, 3.05) is 11.9 Å². The summed E-state index contributed by atoms with van der Waals surface area (Å²) in [6, 6.07) is 20.4. The zero-order chi connectivity index (χ0) is 20.3. The maximum absolute atomic E-state index is 12.9. The number of benzene rings is 2. The minimum Gasteiger partial charge on any atom is -0.325 e. The number of amides is 1. The Morgan fingerprint density at radius 2 is 1.66 bits per heavy atom. The number of anilines is 1. The van der Waals surface area contributed by atoms with Crippen LogP contribution < -0.4 is 5.32 Å². The van der Waals surface area contributed by atoms with Gasteiger partial charge in [-0.25, -0.2) is 8.42 Å². The van der Waals surface area contributed by atoms with Gasteiger partial charge in [-0.15, -0.1) is 0 Å². The molecule has 0 spiro atoms. The molecule has 1 saturated carbocycles. The highest BCUT2D eigenvalue weighted by atomic mass is 32.2. The molecule has 1 N–H and O–H groups in total. The molecule has 6 nitrogen and oxygen atoms in total. The van der Waals surface area contributed by atoms with Crippen molar-refractivity contribution >= 4 is 21.6 Å². The third kappa shape index (κ3) is 4.52. The molecule has 7 heteroatoms. The summed E-state index contributed by atoms with van der Waals surface area (Å²) < 4.78 is 27.1. The van der Waals surface area contributed by atoms with Crippen LogP contribution in [0.25, 0.3) is 11.1 Å². The molecular weight excluding hydrogens is 386 g/mol. The summed E-state index contributed by atoms with van der Waals surface area (Å²) in [6.45, 7) is -0.220. The molecule has 1 heterocycles. The molecule has 1 aliphatic carbocycles. The Bertz CT molecular complexity index is 1080. The standard InChI is InChI=1S/C22H21N3O3S/c26-22(24-19-10-8-18(9-11-19)17-5-2-1-3-6-17)16-25(20-12-13-20)29(27,28)21-7-4-14-23-15-21/h1-11,14-15,20H,12-13,16H2,(H,24,26). The van der Waals surface area contributed by atoms with Crippen LogP contribution in [0.1, 0.15) is 12.8 Å². The van der Waals surface area contributed by atoms with Crippen molar-refractivity contribution in [2.24, 2.45) is 0 Å². The summed E-state index contributed by atoms with van der Waals surface area (Å²) in [4.78, 5) is 16.5. The lowest BCUT2D eigenvalue weighted by atomic mass is 10.1. The summed E-state index contributed by atoms with van der Waals surface area (Å²) in [5.74, 6) is -0.364. The Morgan fingerprint density at radius 1 is 0.966 bits per heavy atom. The highest BCUT2D eigenvalue weighted by Crippen LogP contribution is 2.31. The normalized spacial score (nSPS) is 14.0. The van der Waals surface area contributed by atoms with Crippen LogP contribution in [0.15, 0.2) is 84.0 Å². The van der Waals surface area contributed by atoms with E-state index in [0.29, 0.717) is 5.69 Å². The highest BCUT2D eigenvalue weighted by molar-refractivity contribution is 7.89. The van der Waals surface area contributed by atoms with E-state index >= 15 is 0 Å². The zero-order valence-corrected chi connectivity index (χ0v) is 16.5. The van der Waals surface area contributed by atoms with Gasteiger partial charge in [-0.3, -0.25) is 9.78 Å². The van der Waals surface area contributed by atoms with Crippen molar-refractivity contribution in [3.05, 3.63) is 79.1 Å². The SMILES string of the molecule is O=C(CN(C1CC1)S(=O)(=O)c1cccnc1)Nc1ccc(-c2ccccc2)cc1. The van der Waals surface area contributed by atoms with E-state index in [2.05, 4.69) is 10.3 Å². The Kier molecular flexibility index (Phi) is 5.42. The molecule has 1 aromatic heterocycles. The smallest absolute Gasteiger partial charge is 0.245 e. The van der Waals surface area contributed by atoms with Gasteiger partial charge in [0, 0.05) is 24.1 Å². The van der Waals surface area contributed by atoms with Gasteiger partial charge in [0.05, 0.1) is 6.54 Å². The summed E-state index contributed by atoms with van der Waals surface area (Å²) >= 11 is 0. The number of nitrogens with one attached hydrogen (secondary N) is 1. The number of pyridine rings is 1. The fourth-order valence-corrected chi connectivity index (χ4v) is 4.73. The molecule has 0 aliphatic heterocycles. The minimum atomic E-state index is -3.76. The number of aromatic nitrogens is 1. The maximum atomic E-state index is 12.9. The van der Waals surface area contributed by atoms with Gasteiger partial charge < -0.3 is 5.32 Å². The fraction of sp³-hybridized carbons (Fsp3) is 0.182. The van der Waals surface area contributed by atoms with Crippen LogP contribution in [0, 0.1) is 0 Å². The molecule has 29 heavy (non-hydrogen) atoms. The first-order valence-electron chi connectivity index (χ1n) is 9.41. The Morgan fingerprint density at radius 3 is 2.28 bits per heavy atom. The van der Waals surface area contributed by atoms with Crippen molar-refractivity contribution < 1.29 is 13.2 Å². The second-order valence-electron chi connectivity index (χ2n) is 6.96. The molecule has 148 valence electrons. The molecule has 1 aliphatic rings. The van der Waals surface area contributed by atoms with Gasteiger partial charge in [-0.05, 0) is 48.2 Å². The molecule has 0 saturated heterocycles. The number of sulfonamides is 1. The lowest BCUT2D eigenvalue weighted by Crippen LogP contribution is -2.39. The lowest BCUT2D eigenvalue weighted by Gasteiger charge is -2.21. The van der Waals surface area contributed by atoms with Crippen molar-refractivity contribution in [1.29, 1.82) is 0 Å². The number of carbonyl (C=O) groups excluding carboxylic acids is 1. The molecule has 0 radical (unpaired) electrons.